The number of carbonyl (C=O) groups is 1. The molecule has 1 aliphatic heterocycles. The molecule has 28 heavy (non-hydrogen) atoms. The minimum atomic E-state index is -3.05. The number of ether oxygens (including phenoxy) is 1. The van der Waals surface area contributed by atoms with Gasteiger partial charge in [-0.2, -0.15) is 0 Å². The van der Waals surface area contributed by atoms with Gasteiger partial charge in [-0.15, -0.1) is 0 Å². The van der Waals surface area contributed by atoms with Crippen LogP contribution in [0.15, 0.2) is 47.1 Å². The second-order valence-electron chi connectivity index (χ2n) is 7.08. The van der Waals surface area contributed by atoms with Crippen LogP contribution >= 0.6 is 0 Å². The van der Waals surface area contributed by atoms with Crippen molar-refractivity contribution < 1.29 is 27.5 Å². The van der Waals surface area contributed by atoms with Gasteiger partial charge in [0.05, 0.1) is 29.9 Å². The van der Waals surface area contributed by atoms with Crippen LogP contribution < -0.4 is 4.74 Å². The molecule has 2 heterocycles. The molecule has 1 fully saturated rings. The van der Waals surface area contributed by atoms with E-state index in [1.165, 1.54) is 6.92 Å². The molecule has 0 aliphatic carbocycles. The van der Waals surface area contributed by atoms with Crippen LogP contribution in [0.5, 0.6) is 5.75 Å². The number of sulfone groups is 1. The minimum Gasteiger partial charge on any atom is -0.490 e. The Morgan fingerprint density at radius 2 is 2.11 bits per heavy atom. The van der Waals surface area contributed by atoms with Gasteiger partial charge in [0, 0.05) is 12.6 Å². The molecule has 2 aromatic rings. The molecule has 0 saturated carbocycles. The van der Waals surface area contributed by atoms with Gasteiger partial charge < -0.3 is 14.3 Å². The lowest BCUT2D eigenvalue weighted by atomic mass is 10.1. The Balaban J connectivity index is 1.64. The highest BCUT2D eigenvalue weighted by molar-refractivity contribution is 7.91. The van der Waals surface area contributed by atoms with Gasteiger partial charge in [0.25, 0.3) is 0 Å². The van der Waals surface area contributed by atoms with E-state index in [1.807, 2.05) is 11.0 Å². The first-order valence-corrected chi connectivity index (χ1v) is 11.0. The third kappa shape index (κ3) is 5.43. The summed E-state index contributed by atoms with van der Waals surface area (Å²) in [5.41, 5.74) is 0.462. The largest absolute Gasteiger partial charge is 0.490 e. The fourth-order valence-electron chi connectivity index (χ4n) is 3.40. The fraction of sp³-hybridized carbons (Fsp3) is 0.450. The number of Topliss-reactive ketones (excluding diaryl/α,β-unsaturated/α-hetero) is 1. The van der Waals surface area contributed by atoms with Crippen LogP contribution in [0, 0.1) is 0 Å². The van der Waals surface area contributed by atoms with Crippen LogP contribution in [0.1, 0.15) is 29.5 Å². The van der Waals surface area contributed by atoms with Crippen molar-refractivity contribution in [2.45, 2.75) is 32.0 Å². The highest BCUT2D eigenvalue weighted by Gasteiger charge is 2.33. The average Bonchev–Trinajstić information content (AvgIpc) is 3.28. The van der Waals surface area contributed by atoms with E-state index in [0.717, 1.165) is 0 Å². The summed E-state index contributed by atoms with van der Waals surface area (Å²) < 4.78 is 34.8. The molecule has 0 radical (unpaired) electrons. The van der Waals surface area contributed by atoms with E-state index < -0.39 is 15.9 Å². The first kappa shape index (κ1) is 20.6. The van der Waals surface area contributed by atoms with Crippen molar-refractivity contribution in [3.63, 3.8) is 0 Å². The number of hydrogen-bond donors (Lipinski definition) is 1. The second-order valence-corrected chi connectivity index (χ2v) is 9.31. The monoisotopic (exact) mass is 407 g/mol. The summed E-state index contributed by atoms with van der Waals surface area (Å²) in [4.78, 5) is 13.6. The molecule has 1 aliphatic rings. The molecule has 3 rings (SSSR count). The van der Waals surface area contributed by atoms with Crippen molar-refractivity contribution in [2.24, 2.45) is 0 Å². The summed E-state index contributed by atoms with van der Waals surface area (Å²) in [6.07, 6.45) is 1.25. The topological polar surface area (TPSA) is 97.1 Å². The van der Waals surface area contributed by atoms with E-state index in [-0.39, 0.29) is 36.5 Å². The van der Waals surface area contributed by atoms with Gasteiger partial charge in [-0.3, -0.25) is 9.69 Å². The smallest absolute Gasteiger partial charge is 0.163 e. The molecule has 1 aromatic carbocycles. The third-order valence-electron chi connectivity index (χ3n) is 4.81. The summed E-state index contributed by atoms with van der Waals surface area (Å²) in [6, 6.07) is 10.3. The maximum atomic E-state index is 11.9. The standard InChI is InChI=1S/C20H25NO6S/c1-15(22)19-6-2-3-7-20(19)27-13-17(23)11-21(12-18-5-4-9-26-18)16-8-10-28(24,25)14-16/h2-7,9,16-17,23H,8,10-14H2,1H3. The second kappa shape index (κ2) is 8.89. The third-order valence-corrected chi connectivity index (χ3v) is 6.56. The Bertz CT molecular complexity index is 893. The molecule has 1 aromatic heterocycles. The highest BCUT2D eigenvalue weighted by Crippen LogP contribution is 2.22. The molecule has 1 saturated heterocycles. The number of nitrogens with zero attached hydrogens (tertiary/aromatic N) is 1. The summed E-state index contributed by atoms with van der Waals surface area (Å²) in [5.74, 6) is 1.26. The number of aliphatic hydroxyl groups is 1. The minimum absolute atomic E-state index is 0.00157. The zero-order chi connectivity index (χ0) is 20.1. The van der Waals surface area contributed by atoms with Gasteiger partial charge in [-0.05, 0) is 37.6 Å². The zero-order valence-electron chi connectivity index (χ0n) is 15.8. The van der Waals surface area contributed by atoms with Crippen molar-refractivity contribution in [1.82, 2.24) is 4.90 Å². The molecule has 1 N–H and O–H groups in total. The van der Waals surface area contributed by atoms with Gasteiger partial charge in [0.15, 0.2) is 15.6 Å². The van der Waals surface area contributed by atoms with E-state index in [2.05, 4.69) is 0 Å². The van der Waals surface area contributed by atoms with E-state index in [4.69, 9.17) is 9.15 Å². The summed E-state index contributed by atoms with van der Waals surface area (Å²) in [6.45, 7) is 2.11. The predicted octanol–water partition coefficient (Wildman–Crippen LogP) is 1.91. The van der Waals surface area contributed by atoms with Gasteiger partial charge in [-0.1, -0.05) is 12.1 Å². The van der Waals surface area contributed by atoms with Gasteiger partial charge in [-0.25, -0.2) is 8.42 Å². The maximum absolute atomic E-state index is 11.9. The van der Waals surface area contributed by atoms with Crippen LogP contribution in [-0.2, 0) is 16.4 Å². The Morgan fingerprint density at radius 1 is 1.32 bits per heavy atom. The Labute approximate surface area is 164 Å². The molecular weight excluding hydrogens is 382 g/mol. The fourth-order valence-corrected chi connectivity index (χ4v) is 5.16. The average molecular weight is 407 g/mol. The molecule has 0 spiro atoms. The van der Waals surface area contributed by atoms with Crippen molar-refractivity contribution >= 4 is 15.6 Å². The molecule has 152 valence electrons. The van der Waals surface area contributed by atoms with Crippen molar-refractivity contribution in [3.8, 4) is 5.75 Å². The normalized spacial score (nSPS) is 19.6. The number of carbonyl (C=O) groups excluding carboxylic acids is 1. The van der Waals surface area contributed by atoms with Crippen LogP contribution in [0.25, 0.3) is 0 Å². The SMILES string of the molecule is CC(=O)c1ccccc1OCC(O)CN(Cc1ccco1)C1CCS(=O)(=O)C1. The molecule has 0 amide bonds. The van der Waals surface area contributed by atoms with Crippen molar-refractivity contribution in [1.29, 1.82) is 0 Å². The number of rotatable bonds is 9. The Hall–Kier alpha value is -2.16. The maximum Gasteiger partial charge on any atom is 0.163 e. The van der Waals surface area contributed by atoms with Crippen molar-refractivity contribution in [3.05, 3.63) is 54.0 Å². The first-order chi connectivity index (χ1) is 13.3. The lowest BCUT2D eigenvalue weighted by molar-refractivity contribution is 0.0493. The molecule has 8 heteroatoms. The number of benzene rings is 1. The van der Waals surface area contributed by atoms with Gasteiger partial charge in [0.1, 0.15) is 24.2 Å². The lowest BCUT2D eigenvalue weighted by Crippen LogP contribution is -2.42. The van der Waals surface area contributed by atoms with Crippen LogP contribution in [0.2, 0.25) is 0 Å². The molecule has 2 atom stereocenters. The molecule has 2 unspecified atom stereocenters. The predicted molar refractivity (Wildman–Crippen MR) is 104 cm³/mol. The van der Waals surface area contributed by atoms with E-state index in [9.17, 15) is 18.3 Å². The number of para-hydroxylation sites is 1. The Morgan fingerprint density at radius 3 is 2.75 bits per heavy atom. The quantitative estimate of drug-likeness (QED) is 0.634. The zero-order valence-corrected chi connectivity index (χ0v) is 16.6. The van der Waals surface area contributed by atoms with Crippen molar-refractivity contribution in [2.75, 3.05) is 24.7 Å². The summed E-state index contributed by atoms with van der Waals surface area (Å²) in [5, 5.41) is 10.5. The number of ketones is 1. The van der Waals surface area contributed by atoms with E-state index in [0.29, 0.717) is 30.0 Å². The lowest BCUT2D eigenvalue weighted by Gasteiger charge is -2.29. The van der Waals surface area contributed by atoms with Gasteiger partial charge in [0.2, 0.25) is 0 Å². The summed E-state index contributed by atoms with van der Waals surface area (Å²) >= 11 is 0. The number of furan rings is 1. The number of hydrogen-bond acceptors (Lipinski definition) is 7. The molecule has 7 nitrogen and oxygen atoms in total. The Kier molecular flexibility index (Phi) is 6.53. The van der Waals surface area contributed by atoms with Crippen LogP contribution in [-0.4, -0.2) is 61.0 Å². The molecule has 0 bridgehead atoms. The van der Waals surface area contributed by atoms with E-state index in [1.54, 1.807) is 36.6 Å². The van der Waals surface area contributed by atoms with E-state index >= 15 is 0 Å². The van der Waals surface area contributed by atoms with Crippen LogP contribution in [0.4, 0.5) is 0 Å². The molecular formula is C20H25NO6S. The highest BCUT2D eigenvalue weighted by atomic mass is 32.2. The van der Waals surface area contributed by atoms with Gasteiger partial charge >= 0.3 is 0 Å². The number of aliphatic hydroxyl groups excluding tert-OH is 1. The first-order valence-electron chi connectivity index (χ1n) is 9.22. The summed E-state index contributed by atoms with van der Waals surface area (Å²) in [7, 11) is -3.05. The van der Waals surface area contributed by atoms with Crippen LogP contribution in [0.3, 0.4) is 0 Å².